The number of fused-ring (bicyclic) bond motifs is 2. The predicted octanol–water partition coefficient (Wildman–Crippen LogP) is 2.52. The highest BCUT2D eigenvalue weighted by atomic mass is 32.1. The lowest BCUT2D eigenvalue weighted by Gasteiger charge is -2.27. The van der Waals surface area contributed by atoms with Gasteiger partial charge in [-0.15, -0.1) is 11.3 Å². The van der Waals surface area contributed by atoms with Crippen LogP contribution in [0.15, 0.2) is 53.9 Å². The molecule has 0 radical (unpaired) electrons. The molecule has 2 aromatic carbocycles. The summed E-state index contributed by atoms with van der Waals surface area (Å²) in [6.07, 6.45) is 0.588. The van der Waals surface area contributed by atoms with E-state index in [0.29, 0.717) is 18.5 Å². The molecule has 1 aromatic heterocycles. The Hall–Kier alpha value is -3.23. The van der Waals surface area contributed by atoms with Crippen LogP contribution in [0.5, 0.6) is 5.75 Å². The van der Waals surface area contributed by atoms with Crippen molar-refractivity contribution in [2.75, 3.05) is 13.2 Å². The number of phenolic OH excluding ortho intramolecular Hbond substituents is 1. The van der Waals surface area contributed by atoms with Crippen molar-refractivity contribution in [2.45, 2.75) is 31.0 Å². The number of carbonyl (C=O) groups excluding carboxylic acids is 3. The molecule has 164 valence electrons. The summed E-state index contributed by atoms with van der Waals surface area (Å²) in [5, 5.41) is 15.1. The highest BCUT2D eigenvalue weighted by Crippen LogP contribution is 2.29. The number of ketones is 1. The maximum atomic E-state index is 13.5. The first-order valence-corrected chi connectivity index (χ1v) is 11.4. The molecule has 0 spiro atoms. The topological polar surface area (TPSA) is 95.9 Å². The zero-order valence-corrected chi connectivity index (χ0v) is 18.0. The Morgan fingerprint density at radius 3 is 2.78 bits per heavy atom. The minimum atomic E-state index is -0.849. The van der Waals surface area contributed by atoms with E-state index in [4.69, 9.17) is 4.74 Å². The van der Waals surface area contributed by atoms with Gasteiger partial charge in [0.2, 0.25) is 5.91 Å². The van der Waals surface area contributed by atoms with Crippen LogP contribution in [0, 0.1) is 0 Å². The van der Waals surface area contributed by atoms with Crippen LogP contribution in [-0.4, -0.2) is 58.9 Å². The van der Waals surface area contributed by atoms with E-state index in [0.717, 1.165) is 15.6 Å². The molecule has 2 N–H and O–H groups in total. The van der Waals surface area contributed by atoms with Crippen LogP contribution in [0.4, 0.5) is 0 Å². The number of thiophene rings is 1. The van der Waals surface area contributed by atoms with E-state index < -0.39 is 12.1 Å². The number of hydrogen-bond acceptors (Lipinski definition) is 6. The highest BCUT2D eigenvalue weighted by Gasteiger charge is 2.48. The Morgan fingerprint density at radius 2 is 1.97 bits per heavy atom. The normalized spacial score (nSPS) is 21.0. The molecule has 2 aliphatic rings. The van der Waals surface area contributed by atoms with Gasteiger partial charge in [-0.3, -0.25) is 14.4 Å². The molecule has 7 nitrogen and oxygen atoms in total. The molecule has 3 unspecified atom stereocenters. The molecule has 0 aliphatic carbocycles. The van der Waals surface area contributed by atoms with E-state index in [1.807, 2.05) is 24.3 Å². The van der Waals surface area contributed by atoms with Crippen LogP contribution in [0.2, 0.25) is 0 Å². The van der Waals surface area contributed by atoms with Gasteiger partial charge in [0, 0.05) is 28.4 Å². The van der Waals surface area contributed by atoms with Crippen molar-refractivity contribution in [3.8, 4) is 5.75 Å². The number of nitrogens with one attached hydrogen (secondary N) is 1. The van der Waals surface area contributed by atoms with Crippen molar-refractivity contribution >= 4 is 39.0 Å². The number of carbonyl (C=O) groups is 3. The Bertz CT molecular complexity index is 1190. The van der Waals surface area contributed by atoms with E-state index in [2.05, 4.69) is 5.32 Å². The minimum absolute atomic E-state index is 0.0228. The van der Waals surface area contributed by atoms with E-state index >= 15 is 0 Å². The Labute approximate surface area is 188 Å². The summed E-state index contributed by atoms with van der Waals surface area (Å²) in [5.41, 5.74) is 1.31. The fourth-order valence-electron chi connectivity index (χ4n) is 4.50. The quantitative estimate of drug-likeness (QED) is 0.623. The van der Waals surface area contributed by atoms with E-state index in [-0.39, 0.29) is 42.5 Å². The molecule has 3 atom stereocenters. The van der Waals surface area contributed by atoms with Crippen molar-refractivity contribution < 1.29 is 24.2 Å². The number of hydrogen-bond donors (Lipinski definition) is 2. The van der Waals surface area contributed by atoms with Crippen LogP contribution < -0.4 is 5.32 Å². The van der Waals surface area contributed by atoms with Crippen molar-refractivity contribution in [3.63, 3.8) is 0 Å². The van der Waals surface area contributed by atoms with E-state index in [1.165, 1.54) is 11.3 Å². The largest absolute Gasteiger partial charge is 0.508 e. The maximum absolute atomic E-state index is 13.5. The predicted molar refractivity (Wildman–Crippen MR) is 120 cm³/mol. The lowest BCUT2D eigenvalue weighted by Crippen LogP contribution is -2.53. The summed E-state index contributed by atoms with van der Waals surface area (Å²) >= 11 is 1.48. The van der Waals surface area contributed by atoms with Gasteiger partial charge in [0.1, 0.15) is 24.4 Å². The zero-order valence-electron chi connectivity index (χ0n) is 17.2. The van der Waals surface area contributed by atoms with Crippen LogP contribution in [0.25, 0.3) is 10.1 Å². The van der Waals surface area contributed by atoms with Crippen LogP contribution in [-0.2, 0) is 20.7 Å². The molecule has 0 saturated carbocycles. The lowest BCUT2D eigenvalue weighted by molar-refractivity contribution is -0.138. The summed E-state index contributed by atoms with van der Waals surface area (Å²) in [6.45, 7) is 0.443. The molecule has 3 heterocycles. The van der Waals surface area contributed by atoms with Crippen molar-refractivity contribution in [1.82, 2.24) is 10.2 Å². The molecule has 2 aliphatic heterocycles. The third kappa shape index (κ3) is 3.76. The van der Waals surface area contributed by atoms with Gasteiger partial charge in [-0.25, -0.2) is 0 Å². The number of amides is 2. The van der Waals surface area contributed by atoms with Crippen molar-refractivity contribution in [2.24, 2.45) is 0 Å². The number of nitrogens with zero attached hydrogens (tertiary/aromatic N) is 1. The Morgan fingerprint density at radius 1 is 1.19 bits per heavy atom. The SMILES string of the molecule is O=C(NC(Cc1ccc(O)cc1)C(=O)N1CCC2OCC(=O)C21)c1csc2ccccc12. The second-order valence-corrected chi connectivity index (χ2v) is 9.03. The first kappa shape index (κ1) is 20.7. The number of benzene rings is 2. The molecular weight excluding hydrogens is 428 g/mol. The summed E-state index contributed by atoms with van der Waals surface area (Å²) in [5.74, 6) is -0.595. The Kier molecular flexibility index (Phi) is 5.40. The first-order valence-electron chi connectivity index (χ1n) is 10.5. The highest BCUT2D eigenvalue weighted by molar-refractivity contribution is 7.17. The fraction of sp³-hybridized carbons (Fsp3) is 0.292. The number of rotatable bonds is 5. The van der Waals surface area contributed by atoms with Gasteiger partial charge in [0.25, 0.3) is 5.91 Å². The van der Waals surface area contributed by atoms with Gasteiger partial charge < -0.3 is 20.1 Å². The summed E-state index contributed by atoms with van der Waals surface area (Å²) in [4.78, 5) is 40.6. The van der Waals surface area contributed by atoms with Gasteiger partial charge in [0.15, 0.2) is 5.78 Å². The molecule has 2 amide bonds. The first-order chi connectivity index (χ1) is 15.5. The molecule has 32 heavy (non-hydrogen) atoms. The summed E-state index contributed by atoms with van der Waals surface area (Å²) in [7, 11) is 0. The lowest BCUT2D eigenvalue weighted by atomic mass is 10.0. The van der Waals surface area contributed by atoms with Crippen LogP contribution in [0.3, 0.4) is 0 Å². The minimum Gasteiger partial charge on any atom is -0.508 e. The van der Waals surface area contributed by atoms with Crippen LogP contribution in [0.1, 0.15) is 22.3 Å². The monoisotopic (exact) mass is 450 g/mol. The third-order valence-electron chi connectivity index (χ3n) is 6.10. The fourth-order valence-corrected chi connectivity index (χ4v) is 5.44. The molecule has 0 bridgehead atoms. The standard InChI is InChI=1S/C24H22N2O5S/c27-15-7-5-14(6-8-15)11-18(24(30)26-10-9-20-22(26)19(28)12-31-20)25-23(29)17-13-32-21-4-2-1-3-16(17)21/h1-8,13,18,20,22,27H,9-12H2,(H,25,29). The zero-order chi connectivity index (χ0) is 22.2. The number of likely N-dealkylation sites (tertiary alicyclic amines) is 1. The average Bonchev–Trinajstić information content (AvgIpc) is 3.50. The number of ether oxygens (including phenoxy) is 1. The van der Waals surface area contributed by atoms with E-state index in [1.54, 1.807) is 34.5 Å². The molecular formula is C24H22N2O5S. The summed E-state index contributed by atoms with van der Waals surface area (Å²) in [6, 6.07) is 12.7. The van der Waals surface area contributed by atoms with Gasteiger partial charge in [0.05, 0.1) is 11.7 Å². The second-order valence-electron chi connectivity index (χ2n) is 8.12. The van der Waals surface area contributed by atoms with Crippen molar-refractivity contribution in [1.29, 1.82) is 0 Å². The van der Waals surface area contributed by atoms with Crippen molar-refractivity contribution in [3.05, 3.63) is 65.0 Å². The average molecular weight is 451 g/mol. The smallest absolute Gasteiger partial charge is 0.253 e. The molecule has 2 fully saturated rings. The van der Waals surface area contributed by atoms with Gasteiger partial charge in [-0.05, 0) is 30.2 Å². The third-order valence-corrected chi connectivity index (χ3v) is 7.06. The number of phenols is 1. The molecule has 8 heteroatoms. The van der Waals surface area contributed by atoms with Gasteiger partial charge in [-0.2, -0.15) is 0 Å². The molecule has 5 rings (SSSR count). The number of Topliss-reactive ketones (excluding diaryl/α,β-unsaturated/α-hetero) is 1. The molecule has 2 saturated heterocycles. The van der Waals surface area contributed by atoms with E-state index in [9.17, 15) is 19.5 Å². The maximum Gasteiger partial charge on any atom is 0.253 e. The Balaban J connectivity index is 1.42. The van der Waals surface area contributed by atoms with Crippen LogP contribution >= 0.6 is 11.3 Å². The van der Waals surface area contributed by atoms with Gasteiger partial charge in [-0.1, -0.05) is 30.3 Å². The number of aromatic hydroxyl groups is 1. The molecule has 3 aromatic rings. The van der Waals surface area contributed by atoms with Gasteiger partial charge >= 0.3 is 0 Å². The summed E-state index contributed by atoms with van der Waals surface area (Å²) < 4.78 is 6.51. The second kappa shape index (κ2) is 8.37.